The van der Waals surface area contributed by atoms with Crippen LogP contribution in [0.5, 0.6) is 0 Å². The van der Waals surface area contributed by atoms with Crippen LogP contribution in [0.3, 0.4) is 0 Å². The summed E-state index contributed by atoms with van der Waals surface area (Å²) >= 11 is 0. The van der Waals surface area contributed by atoms with Crippen LogP contribution in [-0.2, 0) is 11.3 Å². The van der Waals surface area contributed by atoms with Crippen LogP contribution in [0.4, 0.5) is 0 Å². The van der Waals surface area contributed by atoms with E-state index in [0.717, 1.165) is 61.1 Å². The molecule has 2 atom stereocenters. The molecule has 8 heteroatoms. The number of nitrogens with zero attached hydrogens (tertiary/aromatic N) is 5. The number of aromatic nitrogens is 5. The molecule has 2 aromatic heterocycles. The van der Waals surface area contributed by atoms with Gasteiger partial charge in [-0.1, -0.05) is 26.7 Å². The molecule has 1 aliphatic carbocycles. The topological polar surface area (TPSA) is 88.9 Å². The second-order valence-electron chi connectivity index (χ2n) is 10.8. The first kappa shape index (κ1) is 24.1. The van der Waals surface area contributed by atoms with Crippen molar-refractivity contribution in [2.24, 2.45) is 5.92 Å². The molecule has 3 heterocycles. The minimum Gasteiger partial charge on any atom is -0.377 e. The van der Waals surface area contributed by atoms with Crippen molar-refractivity contribution >= 4 is 10.9 Å². The van der Waals surface area contributed by atoms with Gasteiger partial charge in [-0.2, -0.15) is 0 Å². The molecule has 35 heavy (non-hydrogen) atoms. The van der Waals surface area contributed by atoms with Gasteiger partial charge in [0.05, 0.1) is 18.2 Å². The first-order chi connectivity index (χ1) is 16.9. The van der Waals surface area contributed by atoms with Crippen LogP contribution >= 0.6 is 0 Å². The molecule has 0 amide bonds. The summed E-state index contributed by atoms with van der Waals surface area (Å²) in [6, 6.07) is 6.63. The predicted molar refractivity (Wildman–Crippen MR) is 136 cm³/mol. The zero-order chi connectivity index (χ0) is 24.5. The summed E-state index contributed by atoms with van der Waals surface area (Å²) in [6.07, 6.45) is 6.98. The predicted octanol–water partition coefficient (Wildman–Crippen LogP) is 4.62. The molecule has 1 saturated carbocycles. The maximum atomic E-state index is 13.2. The molecule has 5 rings (SSSR count). The molecule has 2 aliphatic rings. The first-order valence-corrected chi connectivity index (χ1v) is 13.2. The lowest BCUT2D eigenvalue weighted by molar-refractivity contribution is 0.0379. The van der Waals surface area contributed by atoms with E-state index in [2.05, 4.69) is 76.0 Å². The Morgan fingerprint density at radius 2 is 1.89 bits per heavy atom. The summed E-state index contributed by atoms with van der Waals surface area (Å²) in [4.78, 5) is 18.7. The van der Waals surface area contributed by atoms with E-state index in [-0.39, 0.29) is 23.6 Å². The van der Waals surface area contributed by atoms with Crippen LogP contribution in [0.1, 0.15) is 87.0 Å². The Hall–Kier alpha value is -2.58. The largest absolute Gasteiger partial charge is 0.377 e. The molecule has 188 valence electrons. The molecule has 0 radical (unpaired) electrons. The van der Waals surface area contributed by atoms with E-state index in [1.54, 1.807) is 0 Å². The monoisotopic (exact) mass is 478 g/mol. The average molecular weight is 479 g/mol. The normalized spacial score (nSPS) is 20.0. The number of rotatable bonds is 8. The number of nitrogens with one attached hydrogen (secondary N) is 1. The molecule has 3 aromatic rings. The maximum Gasteiger partial charge on any atom is 0.252 e. The Morgan fingerprint density at radius 1 is 1.11 bits per heavy atom. The van der Waals surface area contributed by atoms with Crippen LogP contribution in [0, 0.1) is 19.8 Å². The van der Waals surface area contributed by atoms with Gasteiger partial charge in [0.2, 0.25) is 0 Å². The van der Waals surface area contributed by atoms with E-state index >= 15 is 0 Å². The third-order valence-corrected chi connectivity index (χ3v) is 7.85. The minimum atomic E-state index is -0.0315. The van der Waals surface area contributed by atoms with Gasteiger partial charge in [-0.05, 0) is 90.6 Å². The van der Waals surface area contributed by atoms with Crippen LogP contribution in [0.15, 0.2) is 23.0 Å². The molecule has 1 aromatic carbocycles. The molecular weight excluding hydrogens is 440 g/mol. The van der Waals surface area contributed by atoms with Crippen molar-refractivity contribution in [1.29, 1.82) is 0 Å². The number of tetrazole rings is 1. The molecule has 0 spiro atoms. The van der Waals surface area contributed by atoms with Crippen molar-refractivity contribution in [1.82, 2.24) is 30.1 Å². The average Bonchev–Trinajstić information content (AvgIpc) is 3.58. The van der Waals surface area contributed by atoms with Crippen molar-refractivity contribution in [3.63, 3.8) is 0 Å². The number of benzene rings is 1. The number of ether oxygens (including phenoxy) is 1. The molecule has 2 fully saturated rings. The van der Waals surface area contributed by atoms with Gasteiger partial charge in [0.1, 0.15) is 0 Å². The number of aromatic amines is 1. The van der Waals surface area contributed by atoms with Gasteiger partial charge in [-0.3, -0.25) is 9.69 Å². The Morgan fingerprint density at radius 3 is 2.60 bits per heavy atom. The number of pyridine rings is 1. The second-order valence-corrected chi connectivity index (χ2v) is 10.8. The lowest BCUT2D eigenvalue weighted by Gasteiger charge is -2.35. The van der Waals surface area contributed by atoms with E-state index in [4.69, 9.17) is 4.74 Å². The third-order valence-electron chi connectivity index (χ3n) is 7.85. The highest BCUT2D eigenvalue weighted by atomic mass is 16.5. The third kappa shape index (κ3) is 5.05. The van der Waals surface area contributed by atoms with E-state index in [0.29, 0.717) is 12.6 Å². The highest BCUT2D eigenvalue weighted by molar-refractivity contribution is 5.80. The molecule has 0 unspecified atom stereocenters. The van der Waals surface area contributed by atoms with Gasteiger partial charge in [0, 0.05) is 30.8 Å². The number of hydrogen-bond donors (Lipinski definition) is 1. The summed E-state index contributed by atoms with van der Waals surface area (Å²) < 4.78 is 8.11. The fourth-order valence-electron chi connectivity index (χ4n) is 5.87. The van der Waals surface area contributed by atoms with E-state index < -0.39 is 0 Å². The molecule has 1 aliphatic heterocycles. The van der Waals surface area contributed by atoms with E-state index in [1.807, 2.05) is 0 Å². The van der Waals surface area contributed by atoms with Crippen molar-refractivity contribution in [2.75, 3.05) is 13.2 Å². The summed E-state index contributed by atoms with van der Waals surface area (Å²) in [7, 11) is 0. The highest BCUT2D eigenvalue weighted by Crippen LogP contribution is 2.35. The molecule has 0 bridgehead atoms. The van der Waals surface area contributed by atoms with Crippen LogP contribution in [0.25, 0.3) is 10.9 Å². The number of H-pyrrole nitrogens is 1. The van der Waals surface area contributed by atoms with Gasteiger partial charge in [0.15, 0.2) is 5.82 Å². The number of hydrogen-bond acceptors (Lipinski definition) is 6. The van der Waals surface area contributed by atoms with Gasteiger partial charge < -0.3 is 9.72 Å². The first-order valence-electron chi connectivity index (χ1n) is 13.2. The summed E-state index contributed by atoms with van der Waals surface area (Å²) in [6.45, 7) is 10.7. The van der Waals surface area contributed by atoms with E-state index in [9.17, 15) is 4.79 Å². The number of fused-ring (bicyclic) bond motifs is 1. The van der Waals surface area contributed by atoms with Gasteiger partial charge >= 0.3 is 0 Å². The SMILES string of the molecule is Cc1cc2cc(CN(C[C@@H]3CCCO3)[C@H](c3nnnn3C3CCCC3)C(C)C)c(=O)[nH]c2cc1C. The number of aryl methyl sites for hydroxylation is 2. The van der Waals surface area contributed by atoms with Crippen molar-refractivity contribution in [3.05, 3.63) is 51.1 Å². The van der Waals surface area contributed by atoms with Crippen molar-refractivity contribution in [2.45, 2.75) is 91.0 Å². The Kier molecular flexibility index (Phi) is 7.02. The molecule has 1 N–H and O–H groups in total. The zero-order valence-electron chi connectivity index (χ0n) is 21.5. The lowest BCUT2D eigenvalue weighted by atomic mass is 9.99. The molecule has 1 saturated heterocycles. The Balaban J connectivity index is 1.53. The smallest absolute Gasteiger partial charge is 0.252 e. The van der Waals surface area contributed by atoms with Crippen molar-refractivity contribution < 1.29 is 4.74 Å². The highest BCUT2D eigenvalue weighted by Gasteiger charge is 2.34. The lowest BCUT2D eigenvalue weighted by Crippen LogP contribution is -2.40. The quantitative estimate of drug-likeness (QED) is 0.508. The Bertz CT molecular complexity index is 1220. The van der Waals surface area contributed by atoms with Gasteiger partial charge in [-0.15, -0.1) is 5.10 Å². The van der Waals surface area contributed by atoms with Gasteiger partial charge in [0.25, 0.3) is 5.56 Å². The summed E-state index contributed by atoms with van der Waals surface area (Å²) in [5.74, 6) is 1.18. The molecular formula is C27H38N6O2. The fourth-order valence-corrected chi connectivity index (χ4v) is 5.87. The zero-order valence-corrected chi connectivity index (χ0v) is 21.5. The minimum absolute atomic E-state index is 0.00958. The van der Waals surface area contributed by atoms with Crippen LogP contribution in [0.2, 0.25) is 0 Å². The Labute approximate surface area is 207 Å². The van der Waals surface area contributed by atoms with Crippen molar-refractivity contribution in [3.8, 4) is 0 Å². The standard InChI is InChI=1S/C27H38N6O2/c1-17(2)25(26-29-30-31-33(26)22-8-5-6-9-22)32(16-23-10-7-11-35-23)15-21-14-20-12-18(3)19(4)13-24(20)28-27(21)34/h12-14,17,22-23,25H,5-11,15-16H2,1-4H3,(H,28,34)/t23-,25-/m0/s1. The summed E-state index contributed by atoms with van der Waals surface area (Å²) in [5.41, 5.74) is 4.03. The molecule has 8 nitrogen and oxygen atoms in total. The summed E-state index contributed by atoms with van der Waals surface area (Å²) in [5, 5.41) is 14.1. The fraction of sp³-hybridized carbons (Fsp3) is 0.630. The van der Waals surface area contributed by atoms with E-state index in [1.165, 1.54) is 24.0 Å². The van der Waals surface area contributed by atoms with Crippen LogP contribution in [-0.4, -0.2) is 49.3 Å². The van der Waals surface area contributed by atoms with Crippen LogP contribution < -0.4 is 5.56 Å². The van der Waals surface area contributed by atoms with Gasteiger partial charge in [-0.25, -0.2) is 4.68 Å². The second kappa shape index (κ2) is 10.2. The maximum absolute atomic E-state index is 13.2.